The van der Waals surface area contributed by atoms with Gasteiger partial charge in [-0.15, -0.1) is 0 Å². The molecule has 1 aromatic heterocycles. The average Bonchev–Trinajstić information content (AvgIpc) is 3.27. The van der Waals surface area contributed by atoms with Gasteiger partial charge in [0.1, 0.15) is 6.54 Å². The van der Waals surface area contributed by atoms with Crippen molar-refractivity contribution < 1.29 is 9.59 Å². The van der Waals surface area contributed by atoms with Crippen LogP contribution in [0.15, 0.2) is 66.9 Å². The van der Waals surface area contributed by atoms with Gasteiger partial charge in [-0.25, -0.2) is 4.98 Å². The number of nitrogens with zero attached hydrogens (tertiary/aromatic N) is 3. The molecular formula is C28H34N4O2. The first-order valence-electron chi connectivity index (χ1n) is 12.3. The summed E-state index contributed by atoms with van der Waals surface area (Å²) in [5.41, 5.74) is 2.65. The molecule has 6 heteroatoms. The number of hydrogen-bond acceptors (Lipinski definition) is 3. The van der Waals surface area contributed by atoms with Crippen LogP contribution in [-0.4, -0.2) is 38.9 Å². The predicted octanol–water partition coefficient (Wildman–Crippen LogP) is 5.69. The first kappa shape index (κ1) is 23.7. The number of amides is 2. The Balaban J connectivity index is 1.51. The summed E-state index contributed by atoms with van der Waals surface area (Å²) < 4.78 is 1.88. The van der Waals surface area contributed by atoms with Crippen LogP contribution < -0.4 is 5.32 Å². The molecule has 1 heterocycles. The van der Waals surface area contributed by atoms with E-state index in [2.05, 4.69) is 5.32 Å². The number of para-hydroxylation sites is 1. The fourth-order valence-corrected chi connectivity index (χ4v) is 4.63. The largest absolute Gasteiger partial charge is 0.331 e. The van der Waals surface area contributed by atoms with Gasteiger partial charge >= 0.3 is 0 Å². The van der Waals surface area contributed by atoms with Crippen LogP contribution in [-0.2, 0) is 9.59 Å². The summed E-state index contributed by atoms with van der Waals surface area (Å²) in [6, 6.07) is 19.6. The maximum Gasteiger partial charge on any atom is 0.246 e. The van der Waals surface area contributed by atoms with E-state index in [4.69, 9.17) is 4.98 Å². The minimum atomic E-state index is -0.243. The van der Waals surface area contributed by atoms with Crippen LogP contribution in [0.1, 0.15) is 52.4 Å². The molecular weight excluding hydrogens is 424 g/mol. The Hall–Kier alpha value is -3.41. The number of rotatable bonds is 8. The summed E-state index contributed by atoms with van der Waals surface area (Å²) in [5, 5.41) is 2.96. The Morgan fingerprint density at radius 2 is 1.65 bits per heavy atom. The lowest BCUT2D eigenvalue weighted by Gasteiger charge is -2.29. The second-order valence-electron chi connectivity index (χ2n) is 9.39. The SMILES string of the molecule is CC(C)N(CC(=O)Nc1nc(-c2ccccc2)cn1-c1ccccc1)C(=O)CC1CCCCC1. The zero-order valence-electron chi connectivity index (χ0n) is 20.1. The van der Waals surface area contributed by atoms with Crippen molar-refractivity contribution in [2.24, 2.45) is 5.92 Å². The van der Waals surface area contributed by atoms with Gasteiger partial charge in [0.05, 0.1) is 5.69 Å². The van der Waals surface area contributed by atoms with E-state index in [1.807, 2.05) is 85.3 Å². The van der Waals surface area contributed by atoms with Crippen molar-refractivity contribution in [2.75, 3.05) is 11.9 Å². The fourth-order valence-electron chi connectivity index (χ4n) is 4.63. The second kappa shape index (κ2) is 11.1. The van der Waals surface area contributed by atoms with Crippen molar-refractivity contribution in [2.45, 2.75) is 58.4 Å². The van der Waals surface area contributed by atoms with E-state index in [9.17, 15) is 9.59 Å². The standard InChI is InChI=1S/C28H34N4O2/c1-21(2)31(27(34)18-22-12-6-3-7-13-22)20-26(33)30-28-29-25(23-14-8-4-9-15-23)19-32(28)24-16-10-5-11-17-24/h4-5,8-11,14-17,19,21-22H,3,6-7,12-13,18,20H2,1-2H3,(H,29,30,33). The molecule has 0 aliphatic heterocycles. The summed E-state index contributed by atoms with van der Waals surface area (Å²) in [6.07, 6.45) is 8.34. The fraction of sp³-hybridized carbons (Fsp3) is 0.393. The molecule has 1 aliphatic rings. The maximum absolute atomic E-state index is 13.1. The highest BCUT2D eigenvalue weighted by molar-refractivity contribution is 5.94. The quantitative estimate of drug-likeness (QED) is 0.472. The predicted molar refractivity (Wildman–Crippen MR) is 136 cm³/mol. The Morgan fingerprint density at radius 3 is 2.29 bits per heavy atom. The van der Waals surface area contributed by atoms with E-state index in [0.717, 1.165) is 29.8 Å². The molecule has 2 amide bonds. The van der Waals surface area contributed by atoms with Crippen LogP contribution in [0.5, 0.6) is 0 Å². The van der Waals surface area contributed by atoms with Gasteiger partial charge in [0.2, 0.25) is 17.8 Å². The molecule has 4 rings (SSSR count). The lowest BCUT2D eigenvalue weighted by Crippen LogP contribution is -2.43. The minimum absolute atomic E-state index is 0.0194. The monoisotopic (exact) mass is 458 g/mol. The summed E-state index contributed by atoms with van der Waals surface area (Å²) in [7, 11) is 0. The third kappa shape index (κ3) is 5.93. The zero-order chi connectivity index (χ0) is 23.9. The summed E-state index contributed by atoms with van der Waals surface area (Å²) in [6.45, 7) is 3.94. The molecule has 2 aromatic carbocycles. The van der Waals surface area contributed by atoms with Crippen LogP contribution >= 0.6 is 0 Å². The summed E-state index contributed by atoms with van der Waals surface area (Å²) in [5.74, 6) is 0.705. The molecule has 1 aliphatic carbocycles. The van der Waals surface area contributed by atoms with Crippen molar-refractivity contribution in [1.82, 2.24) is 14.5 Å². The number of benzene rings is 2. The molecule has 0 radical (unpaired) electrons. The van der Waals surface area contributed by atoms with Gasteiger partial charge in [0.15, 0.2) is 0 Å². The van der Waals surface area contributed by atoms with Crippen LogP contribution in [0.2, 0.25) is 0 Å². The number of aromatic nitrogens is 2. The second-order valence-corrected chi connectivity index (χ2v) is 9.39. The van der Waals surface area contributed by atoms with Crippen molar-refractivity contribution in [1.29, 1.82) is 0 Å². The highest BCUT2D eigenvalue weighted by atomic mass is 16.2. The molecule has 34 heavy (non-hydrogen) atoms. The van der Waals surface area contributed by atoms with E-state index in [-0.39, 0.29) is 24.4 Å². The van der Waals surface area contributed by atoms with E-state index < -0.39 is 0 Å². The number of nitrogens with one attached hydrogen (secondary N) is 1. The number of imidazole rings is 1. The van der Waals surface area contributed by atoms with Crippen molar-refractivity contribution in [3.05, 3.63) is 66.9 Å². The highest BCUT2D eigenvalue weighted by Gasteiger charge is 2.25. The van der Waals surface area contributed by atoms with Crippen LogP contribution in [0, 0.1) is 5.92 Å². The molecule has 1 N–H and O–H groups in total. The molecule has 0 unspecified atom stereocenters. The van der Waals surface area contributed by atoms with E-state index in [1.165, 1.54) is 19.3 Å². The molecule has 3 aromatic rings. The molecule has 0 saturated heterocycles. The van der Waals surface area contributed by atoms with Gasteiger partial charge in [0, 0.05) is 29.9 Å². The molecule has 0 atom stereocenters. The topological polar surface area (TPSA) is 67.2 Å². The first-order chi connectivity index (χ1) is 16.5. The number of anilines is 1. The third-order valence-corrected chi connectivity index (χ3v) is 6.51. The van der Waals surface area contributed by atoms with Gasteiger partial charge in [-0.05, 0) is 44.7 Å². The number of hydrogen-bond donors (Lipinski definition) is 1. The van der Waals surface area contributed by atoms with E-state index in [0.29, 0.717) is 18.3 Å². The van der Waals surface area contributed by atoms with Gasteiger partial charge in [0.25, 0.3) is 0 Å². The van der Waals surface area contributed by atoms with Gasteiger partial charge < -0.3 is 4.90 Å². The van der Waals surface area contributed by atoms with Crippen molar-refractivity contribution >= 4 is 17.8 Å². The van der Waals surface area contributed by atoms with E-state index >= 15 is 0 Å². The Kier molecular flexibility index (Phi) is 7.78. The van der Waals surface area contributed by atoms with Crippen LogP contribution in [0.3, 0.4) is 0 Å². The highest BCUT2D eigenvalue weighted by Crippen LogP contribution is 2.27. The first-order valence-corrected chi connectivity index (χ1v) is 12.3. The molecule has 6 nitrogen and oxygen atoms in total. The molecule has 178 valence electrons. The molecule has 1 saturated carbocycles. The Morgan fingerprint density at radius 1 is 1.00 bits per heavy atom. The molecule has 0 spiro atoms. The number of carbonyl (C=O) groups excluding carboxylic acids is 2. The molecule has 0 bridgehead atoms. The van der Waals surface area contributed by atoms with Crippen molar-refractivity contribution in [3.8, 4) is 16.9 Å². The smallest absolute Gasteiger partial charge is 0.246 e. The molecule has 1 fully saturated rings. The lowest BCUT2D eigenvalue weighted by atomic mass is 9.86. The average molecular weight is 459 g/mol. The van der Waals surface area contributed by atoms with Crippen LogP contribution in [0.25, 0.3) is 16.9 Å². The van der Waals surface area contributed by atoms with Gasteiger partial charge in [-0.2, -0.15) is 0 Å². The van der Waals surface area contributed by atoms with Crippen molar-refractivity contribution in [3.63, 3.8) is 0 Å². The number of carbonyl (C=O) groups is 2. The van der Waals surface area contributed by atoms with Gasteiger partial charge in [-0.1, -0.05) is 67.8 Å². The van der Waals surface area contributed by atoms with E-state index in [1.54, 1.807) is 4.90 Å². The van der Waals surface area contributed by atoms with Gasteiger partial charge in [-0.3, -0.25) is 19.5 Å². The third-order valence-electron chi connectivity index (χ3n) is 6.51. The summed E-state index contributed by atoms with van der Waals surface area (Å²) >= 11 is 0. The maximum atomic E-state index is 13.1. The Bertz CT molecular complexity index is 1090. The normalized spacial score (nSPS) is 14.2. The Labute approximate surface area is 202 Å². The summed E-state index contributed by atoms with van der Waals surface area (Å²) in [4.78, 5) is 32.5. The zero-order valence-corrected chi connectivity index (χ0v) is 20.1. The van der Waals surface area contributed by atoms with Crippen LogP contribution in [0.4, 0.5) is 5.95 Å². The lowest BCUT2D eigenvalue weighted by molar-refractivity contribution is -0.137. The minimum Gasteiger partial charge on any atom is -0.331 e.